The Labute approximate surface area is 177 Å². The smallest absolute Gasteiger partial charge is 0.280 e. The average Bonchev–Trinajstić information content (AvgIpc) is 3.33. The summed E-state index contributed by atoms with van der Waals surface area (Å²) in [6, 6.07) is 8.14. The summed E-state index contributed by atoms with van der Waals surface area (Å²) in [4.78, 5) is 22.5. The minimum absolute atomic E-state index is 0.0791. The van der Waals surface area contributed by atoms with Crippen LogP contribution in [0.5, 0.6) is 0 Å². The SMILES string of the molecule is CCc1cccc2sc(N(CCN(CC)CC)C(=O)c3cc(C)n(CC)n3)nc12. The van der Waals surface area contributed by atoms with Gasteiger partial charge < -0.3 is 4.90 Å². The van der Waals surface area contributed by atoms with Crippen molar-refractivity contribution in [2.24, 2.45) is 0 Å². The van der Waals surface area contributed by atoms with Crippen LogP contribution in [0.3, 0.4) is 0 Å². The summed E-state index contributed by atoms with van der Waals surface area (Å²) in [6.07, 6.45) is 0.925. The molecule has 0 fully saturated rings. The second-order valence-corrected chi connectivity index (χ2v) is 8.09. The Balaban J connectivity index is 1.99. The predicted molar refractivity (Wildman–Crippen MR) is 121 cm³/mol. The van der Waals surface area contributed by atoms with Crippen LogP contribution < -0.4 is 4.90 Å². The summed E-state index contributed by atoms with van der Waals surface area (Å²) in [5, 5.41) is 5.27. The molecule has 0 saturated heterocycles. The fourth-order valence-electron chi connectivity index (χ4n) is 3.53. The standard InChI is InChI=1S/C22H31N5OS/c1-6-17-11-10-12-19-20(17)23-22(29-19)26(14-13-25(7-2)8-3)21(28)18-15-16(5)27(9-4)24-18/h10-12,15H,6-9,13-14H2,1-5H3. The van der Waals surface area contributed by atoms with Gasteiger partial charge in [-0.15, -0.1) is 0 Å². The number of carbonyl (C=O) groups excluding carboxylic acids is 1. The number of hydrogen-bond acceptors (Lipinski definition) is 5. The molecule has 0 unspecified atom stereocenters. The van der Waals surface area contributed by atoms with Crippen molar-refractivity contribution in [1.29, 1.82) is 0 Å². The molecule has 0 radical (unpaired) electrons. The van der Waals surface area contributed by atoms with E-state index in [1.54, 1.807) is 11.3 Å². The van der Waals surface area contributed by atoms with E-state index in [0.29, 0.717) is 12.2 Å². The van der Waals surface area contributed by atoms with E-state index >= 15 is 0 Å². The number of para-hydroxylation sites is 1. The third-order valence-electron chi connectivity index (χ3n) is 5.38. The Bertz CT molecular complexity index is 973. The molecule has 0 saturated carbocycles. The van der Waals surface area contributed by atoms with Gasteiger partial charge in [-0.2, -0.15) is 5.10 Å². The molecule has 7 heteroatoms. The maximum atomic E-state index is 13.4. The molecule has 29 heavy (non-hydrogen) atoms. The molecule has 2 heterocycles. The zero-order valence-electron chi connectivity index (χ0n) is 18.1. The maximum absolute atomic E-state index is 13.4. The zero-order chi connectivity index (χ0) is 21.0. The Hall–Kier alpha value is -2.25. The maximum Gasteiger partial charge on any atom is 0.280 e. The fraction of sp³-hybridized carbons (Fsp3) is 0.500. The van der Waals surface area contributed by atoms with Crippen LogP contribution in [-0.2, 0) is 13.0 Å². The van der Waals surface area contributed by atoms with Gasteiger partial charge in [0.15, 0.2) is 10.8 Å². The van der Waals surface area contributed by atoms with Crippen LogP contribution in [0.1, 0.15) is 49.4 Å². The molecule has 2 aromatic heterocycles. The number of fused-ring (bicyclic) bond motifs is 1. The van der Waals surface area contributed by atoms with Crippen LogP contribution in [0.25, 0.3) is 10.2 Å². The monoisotopic (exact) mass is 413 g/mol. The lowest BCUT2D eigenvalue weighted by molar-refractivity contribution is 0.0978. The van der Waals surface area contributed by atoms with Crippen LogP contribution in [0.4, 0.5) is 5.13 Å². The summed E-state index contributed by atoms with van der Waals surface area (Å²) in [5.41, 5.74) is 3.70. The highest BCUT2D eigenvalue weighted by molar-refractivity contribution is 7.22. The van der Waals surface area contributed by atoms with E-state index in [0.717, 1.165) is 53.6 Å². The molecule has 0 N–H and O–H groups in total. The fourth-order valence-corrected chi connectivity index (χ4v) is 4.57. The van der Waals surface area contributed by atoms with Crippen molar-refractivity contribution in [3.05, 3.63) is 41.2 Å². The number of nitrogens with zero attached hydrogens (tertiary/aromatic N) is 5. The van der Waals surface area contributed by atoms with Crippen molar-refractivity contribution in [3.63, 3.8) is 0 Å². The van der Waals surface area contributed by atoms with Gasteiger partial charge in [0.25, 0.3) is 5.91 Å². The number of benzene rings is 1. The van der Waals surface area contributed by atoms with Crippen molar-refractivity contribution in [2.45, 2.75) is 47.6 Å². The summed E-state index contributed by atoms with van der Waals surface area (Å²) >= 11 is 1.58. The number of likely N-dealkylation sites (N-methyl/N-ethyl adjacent to an activating group) is 1. The molecular weight excluding hydrogens is 382 g/mol. The van der Waals surface area contributed by atoms with Gasteiger partial charge in [-0.25, -0.2) is 4.98 Å². The number of carbonyl (C=O) groups is 1. The second-order valence-electron chi connectivity index (χ2n) is 7.08. The molecule has 0 bridgehead atoms. The van der Waals surface area contributed by atoms with Crippen molar-refractivity contribution in [2.75, 3.05) is 31.1 Å². The van der Waals surface area contributed by atoms with E-state index in [2.05, 4.69) is 49.0 Å². The number of aryl methyl sites for hydroxylation is 3. The second kappa shape index (κ2) is 9.50. The first-order valence-electron chi connectivity index (χ1n) is 10.5. The van der Waals surface area contributed by atoms with Gasteiger partial charge in [-0.3, -0.25) is 14.4 Å². The molecule has 0 aliphatic carbocycles. The van der Waals surface area contributed by atoms with E-state index in [1.165, 1.54) is 5.56 Å². The number of amides is 1. The number of aromatic nitrogens is 3. The highest BCUT2D eigenvalue weighted by Gasteiger charge is 2.24. The highest BCUT2D eigenvalue weighted by Crippen LogP contribution is 2.31. The summed E-state index contributed by atoms with van der Waals surface area (Å²) in [7, 11) is 0. The first-order valence-corrected chi connectivity index (χ1v) is 11.3. The number of anilines is 1. The Morgan fingerprint density at radius 1 is 1.14 bits per heavy atom. The normalized spacial score (nSPS) is 11.5. The summed E-state index contributed by atoms with van der Waals surface area (Å²) in [6.45, 7) is 14.5. The third kappa shape index (κ3) is 4.51. The van der Waals surface area contributed by atoms with Gasteiger partial charge in [-0.05, 0) is 51.1 Å². The van der Waals surface area contributed by atoms with E-state index in [4.69, 9.17) is 4.98 Å². The Morgan fingerprint density at radius 3 is 2.52 bits per heavy atom. The minimum atomic E-state index is -0.0791. The van der Waals surface area contributed by atoms with Crippen LogP contribution in [0, 0.1) is 6.92 Å². The van der Waals surface area contributed by atoms with Crippen LogP contribution in [-0.4, -0.2) is 51.8 Å². The molecule has 1 aromatic carbocycles. The third-order valence-corrected chi connectivity index (χ3v) is 6.43. The minimum Gasteiger partial charge on any atom is -0.302 e. The molecule has 3 aromatic rings. The van der Waals surface area contributed by atoms with E-state index in [1.807, 2.05) is 29.5 Å². The van der Waals surface area contributed by atoms with Crippen LogP contribution in [0.2, 0.25) is 0 Å². The Morgan fingerprint density at radius 2 is 1.90 bits per heavy atom. The van der Waals surface area contributed by atoms with E-state index < -0.39 is 0 Å². The van der Waals surface area contributed by atoms with Crippen LogP contribution >= 0.6 is 11.3 Å². The molecule has 0 atom stereocenters. The first kappa shape index (κ1) is 21.5. The molecule has 0 aliphatic rings. The van der Waals surface area contributed by atoms with Gasteiger partial charge >= 0.3 is 0 Å². The van der Waals surface area contributed by atoms with Crippen molar-refractivity contribution < 1.29 is 4.79 Å². The van der Waals surface area contributed by atoms with Crippen molar-refractivity contribution in [1.82, 2.24) is 19.7 Å². The van der Waals surface area contributed by atoms with Gasteiger partial charge in [0.05, 0.1) is 10.2 Å². The molecule has 6 nitrogen and oxygen atoms in total. The number of thiazole rings is 1. The molecule has 0 aliphatic heterocycles. The van der Waals surface area contributed by atoms with Gasteiger partial charge in [0.1, 0.15) is 0 Å². The predicted octanol–water partition coefficient (Wildman–Crippen LogP) is 4.37. The Kier molecular flexibility index (Phi) is 7.03. The lowest BCUT2D eigenvalue weighted by atomic mass is 10.1. The van der Waals surface area contributed by atoms with E-state index in [-0.39, 0.29) is 5.91 Å². The lowest BCUT2D eigenvalue weighted by Gasteiger charge is -2.24. The van der Waals surface area contributed by atoms with E-state index in [9.17, 15) is 4.79 Å². The average molecular weight is 414 g/mol. The topological polar surface area (TPSA) is 54.3 Å². The summed E-state index contributed by atoms with van der Waals surface area (Å²) in [5.74, 6) is -0.0791. The van der Waals surface area contributed by atoms with Gasteiger partial charge in [0.2, 0.25) is 0 Å². The van der Waals surface area contributed by atoms with Gasteiger partial charge in [0, 0.05) is 25.3 Å². The number of hydrogen-bond donors (Lipinski definition) is 0. The quantitative estimate of drug-likeness (QED) is 0.523. The molecule has 0 spiro atoms. The zero-order valence-corrected chi connectivity index (χ0v) is 18.9. The molecular formula is C22H31N5OS. The first-order chi connectivity index (χ1) is 14.0. The molecule has 156 valence electrons. The molecule has 3 rings (SSSR count). The van der Waals surface area contributed by atoms with Crippen LogP contribution in [0.15, 0.2) is 24.3 Å². The largest absolute Gasteiger partial charge is 0.302 e. The number of rotatable bonds is 9. The van der Waals surface area contributed by atoms with Gasteiger partial charge in [-0.1, -0.05) is 44.2 Å². The summed E-state index contributed by atoms with van der Waals surface area (Å²) < 4.78 is 2.99. The van der Waals surface area contributed by atoms with Crippen molar-refractivity contribution in [3.8, 4) is 0 Å². The highest BCUT2D eigenvalue weighted by atomic mass is 32.1. The lowest BCUT2D eigenvalue weighted by Crippen LogP contribution is -2.39. The van der Waals surface area contributed by atoms with Crippen molar-refractivity contribution >= 4 is 32.6 Å². The molecule has 1 amide bonds.